The van der Waals surface area contributed by atoms with Gasteiger partial charge >= 0.3 is 5.97 Å². The zero-order valence-corrected chi connectivity index (χ0v) is 11.4. The fourth-order valence-electron chi connectivity index (χ4n) is 1.23. The third-order valence-electron chi connectivity index (χ3n) is 2.08. The minimum atomic E-state index is -0.935. The zero-order valence-electron chi connectivity index (χ0n) is 9.17. The maximum absolute atomic E-state index is 11.5. The van der Waals surface area contributed by atoms with Crippen LogP contribution in [0.3, 0.4) is 0 Å². The Hall–Kier alpha value is -0.970. The summed E-state index contributed by atoms with van der Waals surface area (Å²) < 4.78 is 0. The molecule has 4 nitrogen and oxygen atoms in total. The lowest BCUT2D eigenvalue weighted by molar-refractivity contribution is -0.137. The molecule has 0 unspecified atom stereocenters. The summed E-state index contributed by atoms with van der Waals surface area (Å²) in [4.78, 5) is 21.8. The van der Waals surface area contributed by atoms with Gasteiger partial charge in [-0.25, -0.2) is 0 Å². The molecular weight excluding hydrogens is 300 g/mol. The first kappa shape index (κ1) is 15.1. The van der Waals surface area contributed by atoms with Crippen molar-refractivity contribution in [3.63, 3.8) is 0 Å². The van der Waals surface area contributed by atoms with Crippen LogP contribution in [-0.2, 0) is 9.59 Å². The standard InChI is InChI=1S/C11H10Cl3NO3/c12-6-4-8(14)9(5-7(6)13)15-10(16)2-1-3-11(17)18/h4-5H,1-3H2,(H,15,16)(H,17,18). The first-order valence-corrected chi connectivity index (χ1v) is 6.19. The molecule has 18 heavy (non-hydrogen) atoms. The van der Waals surface area contributed by atoms with Gasteiger partial charge in [0.1, 0.15) is 0 Å². The lowest BCUT2D eigenvalue weighted by atomic mass is 10.2. The van der Waals surface area contributed by atoms with E-state index in [1.807, 2.05) is 0 Å². The average molecular weight is 311 g/mol. The summed E-state index contributed by atoms with van der Waals surface area (Å²) in [7, 11) is 0. The molecule has 98 valence electrons. The fourth-order valence-corrected chi connectivity index (χ4v) is 1.83. The van der Waals surface area contributed by atoms with Crippen LogP contribution in [-0.4, -0.2) is 17.0 Å². The highest BCUT2D eigenvalue weighted by molar-refractivity contribution is 6.44. The smallest absolute Gasteiger partial charge is 0.303 e. The number of benzene rings is 1. The van der Waals surface area contributed by atoms with E-state index in [0.717, 1.165) is 0 Å². The molecule has 0 aliphatic carbocycles. The molecule has 0 heterocycles. The first-order valence-electron chi connectivity index (χ1n) is 5.06. The van der Waals surface area contributed by atoms with Crippen molar-refractivity contribution in [3.8, 4) is 0 Å². The number of aliphatic carboxylic acids is 1. The molecule has 1 aromatic rings. The van der Waals surface area contributed by atoms with E-state index < -0.39 is 5.97 Å². The summed E-state index contributed by atoms with van der Waals surface area (Å²) in [5.41, 5.74) is 0.353. The molecule has 0 spiro atoms. The number of hydrogen-bond donors (Lipinski definition) is 2. The van der Waals surface area contributed by atoms with Crippen molar-refractivity contribution in [1.82, 2.24) is 0 Å². The summed E-state index contributed by atoms with van der Waals surface area (Å²) in [6.45, 7) is 0. The van der Waals surface area contributed by atoms with Crippen molar-refractivity contribution in [2.24, 2.45) is 0 Å². The lowest BCUT2D eigenvalue weighted by Gasteiger charge is -2.08. The van der Waals surface area contributed by atoms with Gasteiger partial charge in [-0.15, -0.1) is 0 Å². The first-order chi connectivity index (χ1) is 8.40. The molecule has 0 atom stereocenters. The molecule has 1 rings (SSSR count). The molecule has 0 saturated heterocycles. The van der Waals surface area contributed by atoms with Crippen LogP contribution in [0.1, 0.15) is 19.3 Å². The normalized spacial score (nSPS) is 10.2. The lowest BCUT2D eigenvalue weighted by Crippen LogP contribution is -2.12. The van der Waals surface area contributed by atoms with Gasteiger partial charge in [0, 0.05) is 12.8 Å². The van der Waals surface area contributed by atoms with Gasteiger partial charge in [0.25, 0.3) is 0 Å². The molecule has 0 radical (unpaired) electrons. The molecule has 0 saturated carbocycles. The van der Waals surface area contributed by atoms with Gasteiger partial charge in [0.05, 0.1) is 20.8 Å². The van der Waals surface area contributed by atoms with Crippen LogP contribution in [0.2, 0.25) is 15.1 Å². The van der Waals surface area contributed by atoms with Gasteiger partial charge < -0.3 is 10.4 Å². The van der Waals surface area contributed by atoms with E-state index in [1.165, 1.54) is 12.1 Å². The molecule has 0 aromatic heterocycles. The quantitative estimate of drug-likeness (QED) is 0.812. The second-order valence-electron chi connectivity index (χ2n) is 3.54. The summed E-state index contributed by atoms with van der Waals surface area (Å²) in [5, 5.41) is 11.8. The van der Waals surface area contributed by atoms with Crippen LogP contribution in [0.15, 0.2) is 12.1 Å². The molecule has 0 aliphatic heterocycles. The summed E-state index contributed by atoms with van der Waals surface area (Å²) >= 11 is 17.4. The zero-order chi connectivity index (χ0) is 13.7. The van der Waals surface area contributed by atoms with E-state index >= 15 is 0 Å². The molecule has 0 aliphatic rings. The molecule has 1 aromatic carbocycles. The van der Waals surface area contributed by atoms with Crippen LogP contribution in [0, 0.1) is 0 Å². The molecule has 2 N–H and O–H groups in total. The minimum Gasteiger partial charge on any atom is -0.481 e. The van der Waals surface area contributed by atoms with E-state index in [-0.39, 0.29) is 35.2 Å². The van der Waals surface area contributed by atoms with Crippen molar-refractivity contribution in [2.45, 2.75) is 19.3 Å². The molecular formula is C11H10Cl3NO3. The summed E-state index contributed by atoms with van der Waals surface area (Å²) in [6, 6.07) is 2.87. The number of carboxylic acids is 1. The number of anilines is 1. The Balaban J connectivity index is 2.59. The van der Waals surface area contributed by atoms with Gasteiger partial charge in [-0.05, 0) is 18.6 Å². The van der Waals surface area contributed by atoms with Crippen molar-refractivity contribution >= 4 is 52.4 Å². The predicted octanol–water partition coefficient (Wildman–Crippen LogP) is 3.84. The minimum absolute atomic E-state index is 0.0530. The van der Waals surface area contributed by atoms with E-state index in [2.05, 4.69) is 5.32 Å². The number of amides is 1. The highest BCUT2D eigenvalue weighted by Gasteiger charge is 2.09. The van der Waals surface area contributed by atoms with Crippen molar-refractivity contribution in [2.75, 3.05) is 5.32 Å². The Morgan fingerprint density at radius 2 is 1.67 bits per heavy atom. The average Bonchev–Trinajstić information content (AvgIpc) is 2.25. The van der Waals surface area contributed by atoms with Crippen molar-refractivity contribution in [1.29, 1.82) is 0 Å². The van der Waals surface area contributed by atoms with Gasteiger partial charge in [0.15, 0.2) is 0 Å². The van der Waals surface area contributed by atoms with Crippen molar-refractivity contribution < 1.29 is 14.7 Å². The second kappa shape index (κ2) is 6.83. The monoisotopic (exact) mass is 309 g/mol. The van der Waals surface area contributed by atoms with Crippen LogP contribution in [0.25, 0.3) is 0 Å². The molecule has 0 bridgehead atoms. The Labute approximate surface area is 119 Å². The van der Waals surface area contributed by atoms with E-state index in [0.29, 0.717) is 10.7 Å². The molecule has 1 amide bonds. The maximum Gasteiger partial charge on any atom is 0.303 e. The number of carbonyl (C=O) groups excluding carboxylic acids is 1. The van der Waals surface area contributed by atoms with Crippen LogP contribution >= 0.6 is 34.8 Å². The maximum atomic E-state index is 11.5. The second-order valence-corrected chi connectivity index (χ2v) is 4.76. The van der Waals surface area contributed by atoms with E-state index in [1.54, 1.807) is 0 Å². The third-order valence-corrected chi connectivity index (χ3v) is 3.11. The number of carbonyl (C=O) groups is 2. The highest BCUT2D eigenvalue weighted by atomic mass is 35.5. The Morgan fingerprint density at radius 3 is 2.28 bits per heavy atom. The number of rotatable bonds is 5. The van der Waals surface area contributed by atoms with Crippen LogP contribution in [0.4, 0.5) is 5.69 Å². The van der Waals surface area contributed by atoms with Crippen molar-refractivity contribution in [3.05, 3.63) is 27.2 Å². The molecule has 7 heteroatoms. The van der Waals surface area contributed by atoms with Gasteiger partial charge in [-0.3, -0.25) is 9.59 Å². The van der Waals surface area contributed by atoms with E-state index in [4.69, 9.17) is 39.9 Å². The van der Waals surface area contributed by atoms with Gasteiger partial charge in [-0.2, -0.15) is 0 Å². The highest BCUT2D eigenvalue weighted by Crippen LogP contribution is 2.32. The fraction of sp³-hybridized carbons (Fsp3) is 0.273. The predicted molar refractivity (Wildman–Crippen MR) is 71.6 cm³/mol. The van der Waals surface area contributed by atoms with Crippen LogP contribution < -0.4 is 5.32 Å². The summed E-state index contributed by atoms with van der Waals surface area (Å²) in [6.07, 6.45) is 0.311. The number of hydrogen-bond acceptors (Lipinski definition) is 2. The molecule has 0 fully saturated rings. The Morgan fingerprint density at radius 1 is 1.06 bits per heavy atom. The largest absolute Gasteiger partial charge is 0.481 e. The van der Waals surface area contributed by atoms with Gasteiger partial charge in [-0.1, -0.05) is 34.8 Å². The van der Waals surface area contributed by atoms with E-state index in [9.17, 15) is 9.59 Å². The SMILES string of the molecule is O=C(O)CCCC(=O)Nc1cc(Cl)c(Cl)cc1Cl. The Kier molecular flexibility index (Phi) is 5.72. The number of nitrogens with one attached hydrogen (secondary N) is 1. The topological polar surface area (TPSA) is 66.4 Å². The number of halogens is 3. The van der Waals surface area contributed by atoms with Gasteiger partial charge in [0.2, 0.25) is 5.91 Å². The Bertz CT molecular complexity index is 477. The third kappa shape index (κ3) is 4.72. The number of carboxylic acid groups (broad SMARTS) is 1. The van der Waals surface area contributed by atoms with Crippen LogP contribution in [0.5, 0.6) is 0 Å². The summed E-state index contributed by atoms with van der Waals surface area (Å²) in [5.74, 6) is -1.26.